The van der Waals surface area contributed by atoms with Gasteiger partial charge in [0.1, 0.15) is 24.0 Å². The van der Waals surface area contributed by atoms with Crippen LogP contribution in [0.15, 0.2) is 71.2 Å². The highest BCUT2D eigenvalue weighted by Gasteiger charge is 2.11. The molecule has 0 N–H and O–H groups in total. The van der Waals surface area contributed by atoms with E-state index in [-0.39, 0.29) is 11.1 Å². The first-order chi connectivity index (χ1) is 11.1. The standard InChI is InChI=1S/C19H13BrF2O/c20-14-6-8-16(18(21)10-14)17-9-7-15(11-19(17)22)23-12-13-4-2-1-3-5-13/h1-11H,12H2. The van der Waals surface area contributed by atoms with Crippen molar-refractivity contribution in [3.8, 4) is 16.9 Å². The lowest BCUT2D eigenvalue weighted by atomic mass is 10.0. The third kappa shape index (κ3) is 3.77. The Morgan fingerprint density at radius 3 is 2.09 bits per heavy atom. The smallest absolute Gasteiger partial charge is 0.134 e. The summed E-state index contributed by atoms with van der Waals surface area (Å²) in [5.74, 6) is -0.583. The number of ether oxygens (including phenoxy) is 1. The summed E-state index contributed by atoms with van der Waals surface area (Å²) >= 11 is 3.19. The molecule has 0 atom stereocenters. The Hall–Kier alpha value is -2.20. The summed E-state index contributed by atoms with van der Waals surface area (Å²) in [5, 5.41) is 0. The van der Waals surface area contributed by atoms with Gasteiger partial charge < -0.3 is 4.74 Å². The zero-order valence-electron chi connectivity index (χ0n) is 12.1. The van der Waals surface area contributed by atoms with Crippen molar-refractivity contribution in [3.63, 3.8) is 0 Å². The summed E-state index contributed by atoms with van der Waals surface area (Å²) in [4.78, 5) is 0. The monoisotopic (exact) mass is 374 g/mol. The predicted molar refractivity (Wildman–Crippen MR) is 90.3 cm³/mol. The third-order valence-corrected chi connectivity index (χ3v) is 3.90. The molecule has 3 aromatic carbocycles. The van der Waals surface area contributed by atoms with Gasteiger partial charge in [-0.25, -0.2) is 8.78 Å². The molecule has 0 amide bonds. The molecule has 0 spiro atoms. The first-order valence-electron chi connectivity index (χ1n) is 7.05. The van der Waals surface area contributed by atoms with E-state index in [1.807, 2.05) is 30.3 Å². The summed E-state index contributed by atoms with van der Waals surface area (Å²) in [5.41, 5.74) is 1.43. The van der Waals surface area contributed by atoms with Gasteiger partial charge in [-0.1, -0.05) is 52.3 Å². The van der Waals surface area contributed by atoms with E-state index in [1.165, 1.54) is 18.2 Å². The maximum atomic E-state index is 14.3. The molecule has 3 rings (SSSR count). The van der Waals surface area contributed by atoms with Crippen molar-refractivity contribution < 1.29 is 13.5 Å². The molecule has 1 nitrogen and oxygen atoms in total. The van der Waals surface area contributed by atoms with Crippen LogP contribution in [0.25, 0.3) is 11.1 Å². The van der Waals surface area contributed by atoms with Gasteiger partial charge in [-0.2, -0.15) is 0 Å². The lowest BCUT2D eigenvalue weighted by Gasteiger charge is -2.10. The summed E-state index contributed by atoms with van der Waals surface area (Å²) in [6.07, 6.45) is 0. The first kappa shape index (κ1) is 15.7. The van der Waals surface area contributed by atoms with Crippen LogP contribution in [0.2, 0.25) is 0 Å². The van der Waals surface area contributed by atoms with E-state index >= 15 is 0 Å². The maximum absolute atomic E-state index is 14.3. The second-order valence-electron chi connectivity index (χ2n) is 5.04. The van der Waals surface area contributed by atoms with Gasteiger partial charge in [-0.05, 0) is 29.8 Å². The Morgan fingerprint density at radius 1 is 0.783 bits per heavy atom. The highest BCUT2D eigenvalue weighted by molar-refractivity contribution is 9.10. The van der Waals surface area contributed by atoms with Gasteiger partial charge in [0.2, 0.25) is 0 Å². The van der Waals surface area contributed by atoms with Crippen molar-refractivity contribution in [2.45, 2.75) is 6.61 Å². The fraction of sp³-hybridized carbons (Fsp3) is 0.0526. The molecule has 0 fully saturated rings. The van der Waals surface area contributed by atoms with E-state index in [9.17, 15) is 8.78 Å². The first-order valence-corrected chi connectivity index (χ1v) is 7.84. The summed E-state index contributed by atoms with van der Waals surface area (Å²) in [6, 6.07) is 18.6. The molecule has 0 saturated heterocycles. The van der Waals surface area contributed by atoms with E-state index in [4.69, 9.17) is 4.74 Å². The molecule has 3 aromatic rings. The van der Waals surface area contributed by atoms with Crippen LogP contribution in [-0.2, 0) is 6.61 Å². The van der Waals surface area contributed by atoms with Crippen LogP contribution >= 0.6 is 15.9 Å². The number of hydrogen-bond acceptors (Lipinski definition) is 1. The fourth-order valence-electron chi connectivity index (χ4n) is 2.25. The molecular weight excluding hydrogens is 362 g/mol. The molecule has 0 saturated carbocycles. The molecule has 0 radical (unpaired) electrons. The van der Waals surface area contributed by atoms with Gasteiger partial charge in [-0.15, -0.1) is 0 Å². The van der Waals surface area contributed by atoms with Crippen LogP contribution in [0.5, 0.6) is 5.75 Å². The van der Waals surface area contributed by atoms with E-state index in [1.54, 1.807) is 18.2 Å². The summed E-state index contributed by atoms with van der Waals surface area (Å²) in [7, 11) is 0. The fourth-order valence-corrected chi connectivity index (χ4v) is 2.59. The Kier molecular flexibility index (Phi) is 4.72. The Bertz CT molecular complexity index is 819. The quantitative estimate of drug-likeness (QED) is 0.546. The molecule has 116 valence electrons. The highest BCUT2D eigenvalue weighted by atomic mass is 79.9. The highest BCUT2D eigenvalue weighted by Crippen LogP contribution is 2.30. The van der Waals surface area contributed by atoms with Crippen molar-refractivity contribution in [2.75, 3.05) is 0 Å². The van der Waals surface area contributed by atoms with E-state index in [2.05, 4.69) is 15.9 Å². The third-order valence-electron chi connectivity index (χ3n) is 3.41. The minimum absolute atomic E-state index is 0.210. The van der Waals surface area contributed by atoms with Crippen molar-refractivity contribution in [1.82, 2.24) is 0 Å². The van der Waals surface area contributed by atoms with Gasteiger partial charge in [0.25, 0.3) is 0 Å². The van der Waals surface area contributed by atoms with Crippen molar-refractivity contribution >= 4 is 15.9 Å². The van der Waals surface area contributed by atoms with E-state index in [0.29, 0.717) is 16.8 Å². The van der Waals surface area contributed by atoms with Gasteiger partial charge in [0.05, 0.1) is 0 Å². The van der Waals surface area contributed by atoms with Crippen molar-refractivity contribution in [1.29, 1.82) is 0 Å². The van der Waals surface area contributed by atoms with Gasteiger partial charge in [0.15, 0.2) is 0 Å². The number of benzene rings is 3. The minimum atomic E-state index is -0.517. The Balaban J connectivity index is 1.80. The summed E-state index contributed by atoms with van der Waals surface area (Å²) < 4.78 is 34.4. The second-order valence-corrected chi connectivity index (χ2v) is 5.96. The van der Waals surface area contributed by atoms with Gasteiger partial charge >= 0.3 is 0 Å². The largest absolute Gasteiger partial charge is 0.489 e. The molecule has 0 aliphatic carbocycles. The van der Waals surface area contributed by atoms with Crippen LogP contribution in [0, 0.1) is 11.6 Å². The second kappa shape index (κ2) is 6.92. The number of hydrogen-bond donors (Lipinski definition) is 0. The molecule has 0 unspecified atom stereocenters. The minimum Gasteiger partial charge on any atom is -0.489 e. The van der Waals surface area contributed by atoms with Crippen LogP contribution in [0.3, 0.4) is 0 Å². The topological polar surface area (TPSA) is 9.23 Å². The van der Waals surface area contributed by atoms with Gasteiger partial charge in [0, 0.05) is 21.7 Å². The maximum Gasteiger partial charge on any atom is 0.134 e. The molecule has 0 aliphatic rings. The lowest BCUT2D eigenvalue weighted by Crippen LogP contribution is -1.96. The van der Waals surface area contributed by atoms with Crippen LogP contribution in [-0.4, -0.2) is 0 Å². The molecule has 0 aliphatic heterocycles. The Labute approximate surface area is 141 Å². The normalized spacial score (nSPS) is 10.6. The molecule has 0 heterocycles. The van der Waals surface area contributed by atoms with E-state index < -0.39 is 11.6 Å². The number of rotatable bonds is 4. The average Bonchev–Trinajstić information content (AvgIpc) is 2.55. The predicted octanol–water partition coefficient (Wildman–Crippen LogP) is 5.97. The van der Waals surface area contributed by atoms with Crippen LogP contribution < -0.4 is 4.74 Å². The lowest BCUT2D eigenvalue weighted by molar-refractivity contribution is 0.304. The molecule has 4 heteroatoms. The number of halogens is 3. The molecular formula is C19H13BrF2O. The van der Waals surface area contributed by atoms with E-state index in [0.717, 1.165) is 5.56 Å². The zero-order valence-corrected chi connectivity index (χ0v) is 13.7. The SMILES string of the molecule is Fc1cc(Br)ccc1-c1ccc(OCc2ccccc2)cc1F. The summed E-state index contributed by atoms with van der Waals surface area (Å²) in [6.45, 7) is 0.353. The van der Waals surface area contributed by atoms with Crippen molar-refractivity contribution in [3.05, 3.63) is 88.4 Å². The van der Waals surface area contributed by atoms with Crippen LogP contribution in [0.4, 0.5) is 8.78 Å². The molecule has 23 heavy (non-hydrogen) atoms. The van der Waals surface area contributed by atoms with Crippen molar-refractivity contribution in [2.24, 2.45) is 0 Å². The molecule has 0 aromatic heterocycles. The Morgan fingerprint density at radius 2 is 1.43 bits per heavy atom. The molecule has 0 bridgehead atoms. The van der Waals surface area contributed by atoms with Gasteiger partial charge in [-0.3, -0.25) is 0 Å². The average molecular weight is 375 g/mol. The zero-order chi connectivity index (χ0) is 16.2. The van der Waals surface area contributed by atoms with Crippen LogP contribution in [0.1, 0.15) is 5.56 Å².